The standard InChI is InChI=1S/C12H26N2O2/c1-5-8-11(12(15)16)14(6-2)10-7-9-13(3)4/h11H,5-10H2,1-4H3,(H,15,16). The van der Waals surface area contributed by atoms with E-state index in [0.717, 1.165) is 38.9 Å². The van der Waals surface area contributed by atoms with E-state index in [0.29, 0.717) is 0 Å². The fourth-order valence-corrected chi connectivity index (χ4v) is 1.86. The summed E-state index contributed by atoms with van der Waals surface area (Å²) in [7, 11) is 4.08. The van der Waals surface area contributed by atoms with Gasteiger partial charge in [0.2, 0.25) is 0 Å². The normalized spacial score (nSPS) is 13.4. The Bertz CT molecular complexity index is 195. The summed E-state index contributed by atoms with van der Waals surface area (Å²) in [6.07, 6.45) is 2.68. The van der Waals surface area contributed by atoms with Crippen molar-refractivity contribution in [3.05, 3.63) is 0 Å². The van der Waals surface area contributed by atoms with Crippen LogP contribution in [0.25, 0.3) is 0 Å². The van der Waals surface area contributed by atoms with Crippen LogP contribution >= 0.6 is 0 Å². The van der Waals surface area contributed by atoms with Gasteiger partial charge in [-0.2, -0.15) is 0 Å². The van der Waals surface area contributed by atoms with Crippen LogP contribution in [0.4, 0.5) is 0 Å². The molecule has 1 atom stereocenters. The van der Waals surface area contributed by atoms with Gasteiger partial charge in [0.25, 0.3) is 0 Å². The average Bonchev–Trinajstić information content (AvgIpc) is 2.21. The molecule has 0 saturated heterocycles. The number of aliphatic carboxylic acids is 1. The molecule has 0 amide bonds. The number of rotatable bonds is 9. The van der Waals surface area contributed by atoms with Crippen LogP contribution in [0.1, 0.15) is 33.1 Å². The molecule has 1 unspecified atom stereocenters. The lowest BCUT2D eigenvalue weighted by molar-refractivity contribution is -0.143. The van der Waals surface area contributed by atoms with Gasteiger partial charge in [0.15, 0.2) is 0 Å². The monoisotopic (exact) mass is 230 g/mol. The minimum atomic E-state index is -0.687. The molecule has 4 nitrogen and oxygen atoms in total. The Morgan fingerprint density at radius 2 is 1.88 bits per heavy atom. The maximum Gasteiger partial charge on any atom is 0.320 e. The van der Waals surface area contributed by atoms with E-state index >= 15 is 0 Å². The molecule has 96 valence electrons. The van der Waals surface area contributed by atoms with Gasteiger partial charge in [-0.3, -0.25) is 9.69 Å². The summed E-state index contributed by atoms with van der Waals surface area (Å²) >= 11 is 0. The largest absolute Gasteiger partial charge is 0.480 e. The smallest absolute Gasteiger partial charge is 0.320 e. The van der Waals surface area contributed by atoms with Crippen LogP contribution in [0.3, 0.4) is 0 Å². The van der Waals surface area contributed by atoms with Crippen molar-refractivity contribution >= 4 is 5.97 Å². The van der Waals surface area contributed by atoms with Crippen molar-refractivity contribution < 1.29 is 9.90 Å². The Balaban J connectivity index is 4.15. The number of hydrogen-bond donors (Lipinski definition) is 1. The summed E-state index contributed by atoms with van der Waals surface area (Å²) in [5.74, 6) is -0.687. The van der Waals surface area contributed by atoms with Crippen molar-refractivity contribution in [1.82, 2.24) is 9.80 Å². The molecule has 4 heteroatoms. The van der Waals surface area contributed by atoms with Crippen LogP contribution in [0, 0.1) is 0 Å². The Morgan fingerprint density at radius 3 is 2.25 bits per heavy atom. The minimum Gasteiger partial charge on any atom is -0.480 e. The average molecular weight is 230 g/mol. The van der Waals surface area contributed by atoms with Gasteiger partial charge in [0.1, 0.15) is 6.04 Å². The highest BCUT2D eigenvalue weighted by molar-refractivity contribution is 5.73. The molecular formula is C12H26N2O2. The van der Waals surface area contributed by atoms with Crippen molar-refractivity contribution in [2.24, 2.45) is 0 Å². The Kier molecular flexibility index (Phi) is 8.21. The topological polar surface area (TPSA) is 43.8 Å². The first-order chi connectivity index (χ1) is 7.52. The molecule has 0 spiro atoms. The molecule has 0 aliphatic carbocycles. The summed E-state index contributed by atoms with van der Waals surface area (Å²) in [5.41, 5.74) is 0. The zero-order valence-electron chi connectivity index (χ0n) is 11.1. The predicted octanol–water partition coefficient (Wildman–Crippen LogP) is 1.51. The number of carbonyl (C=O) groups is 1. The first-order valence-electron chi connectivity index (χ1n) is 6.14. The Morgan fingerprint density at radius 1 is 1.25 bits per heavy atom. The first kappa shape index (κ1) is 15.4. The molecule has 0 aliphatic heterocycles. The highest BCUT2D eigenvalue weighted by atomic mass is 16.4. The van der Waals surface area contributed by atoms with E-state index < -0.39 is 5.97 Å². The summed E-state index contributed by atoms with van der Waals surface area (Å²) in [5, 5.41) is 9.16. The second-order valence-corrected chi connectivity index (χ2v) is 4.43. The number of carboxylic acid groups (broad SMARTS) is 1. The predicted molar refractivity (Wildman–Crippen MR) is 66.7 cm³/mol. The lowest BCUT2D eigenvalue weighted by atomic mass is 10.1. The molecule has 0 aliphatic rings. The molecule has 0 bridgehead atoms. The summed E-state index contributed by atoms with van der Waals surface area (Å²) in [6.45, 7) is 6.75. The number of hydrogen-bond acceptors (Lipinski definition) is 3. The van der Waals surface area contributed by atoms with E-state index in [1.54, 1.807) is 0 Å². The maximum absolute atomic E-state index is 11.1. The van der Waals surface area contributed by atoms with Gasteiger partial charge >= 0.3 is 5.97 Å². The summed E-state index contributed by atoms with van der Waals surface area (Å²) in [6, 6.07) is -0.308. The van der Waals surface area contributed by atoms with Crippen molar-refractivity contribution in [3.63, 3.8) is 0 Å². The summed E-state index contributed by atoms with van der Waals surface area (Å²) in [4.78, 5) is 15.3. The molecule has 1 N–H and O–H groups in total. The molecule has 16 heavy (non-hydrogen) atoms. The van der Waals surface area contributed by atoms with E-state index in [4.69, 9.17) is 5.11 Å². The van der Waals surface area contributed by atoms with E-state index in [1.165, 1.54) is 0 Å². The van der Waals surface area contributed by atoms with E-state index in [-0.39, 0.29) is 6.04 Å². The van der Waals surface area contributed by atoms with Crippen LogP contribution < -0.4 is 0 Å². The molecule has 0 saturated carbocycles. The third-order valence-corrected chi connectivity index (χ3v) is 2.74. The Hall–Kier alpha value is -0.610. The van der Waals surface area contributed by atoms with Crippen LogP contribution in [0.15, 0.2) is 0 Å². The van der Waals surface area contributed by atoms with Gasteiger partial charge in [0, 0.05) is 6.54 Å². The third-order valence-electron chi connectivity index (χ3n) is 2.74. The molecule has 0 rings (SSSR count). The van der Waals surface area contributed by atoms with Gasteiger partial charge in [-0.15, -0.1) is 0 Å². The van der Waals surface area contributed by atoms with Crippen LogP contribution in [0.5, 0.6) is 0 Å². The second-order valence-electron chi connectivity index (χ2n) is 4.43. The van der Waals surface area contributed by atoms with E-state index in [9.17, 15) is 4.79 Å². The van der Waals surface area contributed by atoms with E-state index in [2.05, 4.69) is 9.80 Å². The van der Waals surface area contributed by atoms with Gasteiger partial charge in [0.05, 0.1) is 0 Å². The van der Waals surface area contributed by atoms with Crippen molar-refractivity contribution in [3.8, 4) is 0 Å². The van der Waals surface area contributed by atoms with Crippen LogP contribution in [0.2, 0.25) is 0 Å². The lowest BCUT2D eigenvalue weighted by Crippen LogP contribution is -2.42. The van der Waals surface area contributed by atoms with Crippen molar-refractivity contribution in [2.75, 3.05) is 33.7 Å². The zero-order chi connectivity index (χ0) is 12.6. The van der Waals surface area contributed by atoms with Gasteiger partial charge in [-0.1, -0.05) is 20.3 Å². The minimum absolute atomic E-state index is 0.308. The van der Waals surface area contributed by atoms with E-state index in [1.807, 2.05) is 27.9 Å². The quantitative estimate of drug-likeness (QED) is 0.652. The fraction of sp³-hybridized carbons (Fsp3) is 0.917. The first-order valence-corrected chi connectivity index (χ1v) is 6.14. The zero-order valence-corrected chi connectivity index (χ0v) is 11.1. The molecule has 0 fully saturated rings. The highest BCUT2D eigenvalue weighted by Crippen LogP contribution is 2.08. The van der Waals surface area contributed by atoms with Crippen LogP contribution in [-0.4, -0.2) is 60.6 Å². The maximum atomic E-state index is 11.1. The van der Waals surface area contributed by atoms with Gasteiger partial charge < -0.3 is 10.0 Å². The van der Waals surface area contributed by atoms with Crippen molar-refractivity contribution in [1.29, 1.82) is 0 Å². The van der Waals surface area contributed by atoms with Crippen molar-refractivity contribution in [2.45, 2.75) is 39.2 Å². The molecule has 0 radical (unpaired) electrons. The number of carboxylic acids is 1. The lowest BCUT2D eigenvalue weighted by Gasteiger charge is -2.27. The molecular weight excluding hydrogens is 204 g/mol. The van der Waals surface area contributed by atoms with Gasteiger partial charge in [-0.05, 0) is 40.0 Å². The molecule has 0 aromatic rings. The van der Waals surface area contributed by atoms with Crippen LogP contribution in [-0.2, 0) is 4.79 Å². The molecule has 0 aromatic carbocycles. The number of likely N-dealkylation sites (N-methyl/N-ethyl adjacent to an activating group) is 1. The highest BCUT2D eigenvalue weighted by Gasteiger charge is 2.22. The Labute approximate surface area is 99.2 Å². The second kappa shape index (κ2) is 8.53. The fourth-order valence-electron chi connectivity index (χ4n) is 1.86. The SMILES string of the molecule is CCCC(C(=O)O)N(CC)CCCN(C)C. The molecule has 0 heterocycles. The summed E-state index contributed by atoms with van der Waals surface area (Å²) < 4.78 is 0. The van der Waals surface area contributed by atoms with Gasteiger partial charge in [-0.25, -0.2) is 0 Å². The third kappa shape index (κ3) is 6.08. The molecule has 0 aromatic heterocycles. The number of nitrogens with zero attached hydrogens (tertiary/aromatic N) is 2.